The van der Waals surface area contributed by atoms with Gasteiger partial charge in [-0.25, -0.2) is 0 Å². The molecule has 0 spiro atoms. The Morgan fingerprint density at radius 2 is 1.32 bits per heavy atom. The minimum atomic E-state index is -0.843. The number of carbonyl (C=O) groups is 1. The number of rotatable bonds is 6. The van der Waals surface area contributed by atoms with Gasteiger partial charge in [-0.2, -0.15) is 0 Å². The Labute approximate surface area is 182 Å². The first-order chi connectivity index (χ1) is 15.2. The van der Waals surface area contributed by atoms with Gasteiger partial charge in [0.15, 0.2) is 5.78 Å². The van der Waals surface area contributed by atoms with Crippen molar-refractivity contribution in [3.63, 3.8) is 0 Å². The smallest absolute Gasteiger partial charge is 0.178 e. The van der Waals surface area contributed by atoms with Crippen molar-refractivity contribution in [1.82, 2.24) is 0 Å². The van der Waals surface area contributed by atoms with Crippen LogP contribution in [0.4, 0.5) is 0 Å². The number of methoxy groups -OCH3 is 2. The SMILES string of the molecule is COCC1(COC)C(=O)c2cccc3c(-c4ccccc4)c(-c4ccccc4)cc1c23. The predicted molar refractivity (Wildman–Crippen MR) is 125 cm³/mol. The first-order valence-electron chi connectivity index (χ1n) is 10.4. The molecule has 0 amide bonds. The van der Waals surface area contributed by atoms with Crippen LogP contribution < -0.4 is 0 Å². The first-order valence-corrected chi connectivity index (χ1v) is 10.4. The van der Waals surface area contributed by atoms with Crippen molar-refractivity contribution < 1.29 is 14.3 Å². The summed E-state index contributed by atoms with van der Waals surface area (Å²) in [5, 5.41) is 2.10. The van der Waals surface area contributed by atoms with Gasteiger partial charge in [0.1, 0.15) is 5.41 Å². The molecule has 0 saturated carbocycles. The molecule has 0 N–H and O–H groups in total. The standard InChI is InChI=1S/C28H24O3/c1-30-17-28(18-31-2)24-16-23(19-10-5-3-6-11-19)25(20-12-7-4-8-13-20)21-14-9-15-22(26(21)24)27(28)29/h3-16H,17-18H2,1-2H3. The normalized spacial score (nSPS) is 14.3. The van der Waals surface area contributed by atoms with Crippen LogP contribution in [0, 0.1) is 0 Å². The van der Waals surface area contributed by atoms with E-state index in [4.69, 9.17) is 9.47 Å². The average Bonchev–Trinajstić information content (AvgIpc) is 3.05. The molecule has 0 bridgehead atoms. The van der Waals surface area contributed by atoms with Crippen molar-refractivity contribution in [3.05, 3.63) is 96.1 Å². The Hall–Kier alpha value is -3.27. The minimum Gasteiger partial charge on any atom is -0.383 e. The molecule has 0 atom stereocenters. The van der Waals surface area contributed by atoms with E-state index in [9.17, 15) is 4.79 Å². The summed E-state index contributed by atoms with van der Waals surface area (Å²) in [5.41, 5.74) is 5.40. The molecule has 154 valence electrons. The molecule has 0 radical (unpaired) electrons. The molecule has 3 heteroatoms. The number of ether oxygens (including phenoxy) is 2. The highest BCUT2D eigenvalue weighted by Crippen LogP contribution is 2.49. The topological polar surface area (TPSA) is 35.5 Å². The van der Waals surface area contributed by atoms with E-state index < -0.39 is 5.41 Å². The van der Waals surface area contributed by atoms with Gasteiger partial charge in [-0.3, -0.25) is 4.79 Å². The largest absolute Gasteiger partial charge is 0.383 e. The molecular weight excluding hydrogens is 384 g/mol. The highest BCUT2D eigenvalue weighted by Gasteiger charge is 2.48. The monoisotopic (exact) mass is 408 g/mol. The average molecular weight is 408 g/mol. The highest BCUT2D eigenvalue weighted by molar-refractivity contribution is 6.24. The maximum atomic E-state index is 13.7. The van der Waals surface area contributed by atoms with Gasteiger partial charge in [-0.05, 0) is 44.7 Å². The quantitative estimate of drug-likeness (QED) is 0.398. The maximum absolute atomic E-state index is 13.7. The fourth-order valence-electron chi connectivity index (χ4n) is 5.01. The Kier molecular flexibility index (Phi) is 4.93. The lowest BCUT2D eigenvalue weighted by molar-refractivity contribution is 0.0482. The summed E-state index contributed by atoms with van der Waals surface area (Å²) < 4.78 is 11.1. The van der Waals surface area contributed by atoms with Crippen molar-refractivity contribution in [2.75, 3.05) is 27.4 Å². The van der Waals surface area contributed by atoms with E-state index in [1.54, 1.807) is 14.2 Å². The molecule has 3 nitrogen and oxygen atoms in total. The van der Waals surface area contributed by atoms with Crippen LogP contribution in [0.2, 0.25) is 0 Å². The maximum Gasteiger partial charge on any atom is 0.178 e. The first kappa shape index (κ1) is 19.7. The second kappa shape index (κ2) is 7.77. The molecule has 0 fully saturated rings. The van der Waals surface area contributed by atoms with E-state index >= 15 is 0 Å². The number of benzene rings is 4. The van der Waals surface area contributed by atoms with E-state index in [2.05, 4.69) is 48.5 Å². The van der Waals surface area contributed by atoms with Crippen molar-refractivity contribution in [2.45, 2.75) is 5.41 Å². The summed E-state index contributed by atoms with van der Waals surface area (Å²) in [6.07, 6.45) is 0. The number of hydrogen-bond donors (Lipinski definition) is 0. The van der Waals surface area contributed by atoms with Gasteiger partial charge in [-0.15, -0.1) is 0 Å². The molecule has 0 unspecified atom stereocenters. The second-order valence-electron chi connectivity index (χ2n) is 8.08. The van der Waals surface area contributed by atoms with Crippen molar-refractivity contribution in [2.24, 2.45) is 0 Å². The molecular formula is C28H24O3. The van der Waals surface area contributed by atoms with Gasteiger partial charge in [0.25, 0.3) is 0 Å². The van der Waals surface area contributed by atoms with Crippen LogP contribution in [-0.4, -0.2) is 33.2 Å². The fraction of sp³-hybridized carbons (Fsp3) is 0.179. The third-order valence-corrected chi connectivity index (χ3v) is 6.28. The van der Waals surface area contributed by atoms with Gasteiger partial charge in [0.05, 0.1) is 13.2 Å². The van der Waals surface area contributed by atoms with Crippen LogP contribution in [-0.2, 0) is 14.9 Å². The molecule has 0 aliphatic heterocycles. The van der Waals surface area contributed by atoms with E-state index in [1.165, 1.54) is 0 Å². The van der Waals surface area contributed by atoms with Gasteiger partial charge in [0.2, 0.25) is 0 Å². The zero-order valence-electron chi connectivity index (χ0n) is 17.7. The summed E-state index contributed by atoms with van der Waals surface area (Å²) >= 11 is 0. The number of hydrogen-bond acceptors (Lipinski definition) is 3. The van der Waals surface area contributed by atoms with Gasteiger partial charge < -0.3 is 9.47 Å². The number of Topliss-reactive ketones (excluding diaryl/α,β-unsaturated/α-hetero) is 1. The Bertz CT molecular complexity index is 1250. The second-order valence-corrected chi connectivity index (χ2v) is 8.08. The van der Waals surface area contributed by atoms with E-state index in [0.29, 0.717) is 0 Å². The van der Waals surface area contributed by atoms with E-state index in [1.807, 2.05) is 36.4 Å². The number of ketones is 1. The lowest BCUT2D eigenvalue weighted by Gasteiger charge is -2.28. The molecule has 1 aliphatic carbocycles. The van der Waals surface area contributed by atoms with Crippen molar-refractivity contribution in [1.29, 1.82) is 0 Å². The summed E-state index contributed by atoms with van der Waals surface area (Å²) in [5.74, 6) is 0.0704. The molecule has 1 aliphatic rings. The third-order valence-electron chi connectivity index (χ3n) is 6.28. The fourth-order valence-corrected chi connectivity index (χ4v) is 5.01. The zero-order chi connectivity index (χ0) is 21.4. The summed E-state index contributed by atoms with van der Waals surface area (Å²) in [6, 6.07) is 29.0. The van der Waals surface area contributed by atoms with Crippen LogP contribution in [0.5, 0.6) is 0 Å². The Morgan fingerprint density at radius 1 is 0.710 bits per heavy atom. The van der Waals surface area contributed by atoms with Crippen LogP contribution in [0.15, 0.2) is 84.9 Å². The number of carbonyl (C=O) groups excluding carboxylic acids is 1. The predicted octanol–water partition coefficient (Wildman–Crippen LogP) is 5.90. The van der Waals surface area contributed by atoms with Gasteiger partial charge >= 0.3 is 0 Å². The Morgan fingerprint density at radius 3 is 1.94 bits per heavy atom. The van der Waals surface area contributed by atoms with Gasteiger partial charge in [0, 0.05) is 19.8 Å². The molecule has 4 aromatic carbocycles. The lowest BCUT2D eigenvalue weighted by atomic mass is 9.79. The molecule has 5 rings (SSSR count). The van der Waals surface area contributed by atoms with E-state index in [-0.39, 0.29) is 19.0 Å². The molecule has 4 aromatic rings. The van der Waals surface area contributed by atoms with Crippen LogP contribution in [0.3, 0.4) is 0 Å². The highest BCUT2D eigenvalue weighted by atomic mass is 16.5. The van der Waals surface area contributed by atoms with E-state index in [0.717, 1.165) is 44.2 Å². The van der Waals surface area contributed by atoms with Crippen LogP contribution >= 0.6 is 0 Å². The minimum absolute atomic E-state index is 0.0704. The summed E-state index contributed by atoms with van der Waals surface area (Å²) in [7, 11) is 3.28. The Balaban J connectivity index is 1.94. The van der Waals surface area contributed by atoms with Crippen molar-refractivity contribution in [3.8, 4) is 22.3 Å². The zero-order valence-corrected chi connectivity index (χ0v) is 17.7. The van der Waals surface area contributed by atoms with Gasteiger partial charge in [-0.1, -0.05) is 78.9 Å². The molecule has 0 aromatic heterocycles. The lowest BCUT2D eigenvalue weighted by Crippen LogP contribution is -2.41. The van der Waals surface area contributed by atoms with Crippen molar-refractivity contribution >= 4 is 16.6 Å². The molecule has 0 saturated heterocycles. The van der Waals surface area contributed by atoms with Crippen LogP contribution in [0.25, 0.3) is 33.0 Å². The van der Waals surface area contributed by atoms with Crippen LogP contribution in [0.1, 0.15) is 15.9 Å². The molecule has 31 heavy (non-hydrogen) atoms. The summed E-state index contributed by atoms with van der Waals surface area (Å²) in [4.78, 5) is 13.7. The molecule has 0 heterocycles. The third kappa shape index (κ3) is 2.93. The summed E-state index contributed by atoms with van der Waals surface area (Å²) in [6.45, 7) is 0.560.